The van der Waals surface area contributed by atoms with Crippen LogP contribution in [-0.2, 0) is 25.7 Å². The fourth-order valence-corrected chi connectivity index (χ4v) is 7.43. The zero-order valence-electron chi connectivity index (χ0n) is 17.5. The molecule has 2 aromatic heterocycles. The fraction of sp³-hybridized carbons (Fsp3) is 0.154. The second-order valence-corrected chi connectivity index (χ2v) is 12.5. The molecule has 5 rings (SSSR count). The molecule has 0 spiro atoms. The molecule has 0 N–H and O–H groups in total. The maximum atomic E-state index is 4.48. The molecule has 4 nitrogen and oxygen atoms in total. The Morgan fingerprint density at radius 3 is 1.16 bits per heavy atom. The van der Waals surface area contributed by atoms with Crippen LogP contribution >= 0.6 is 0 Å². The van der Waals surface area contributed by atoms with Crippen LogP contribution in [0.15, 0.2) is 84.9 Å². The van der Waals surface area contributed by atoms with Gasteiger partial charge in [-0.2, -0.15) is 0 Å². The first-order valence-electron chi connectivity index (χ1n) is 10.6. The number of nitrogens with zero attached hydrogens (tertiary/aromatic N) is 4. The number of hydrogen-bond acceptors (Lipinski definition) is 4. The van der Waals surface area contributed by atoms with Crippen molar-refractivity contribution in [3.05, 3.63) is 125 Å². The molecular weight excluding hydrogens is 526 g/mol. The molecule has 0 aliphatic carbocycles. The Morgan fingerprint density at radius 2 is 0.750 bits per heavy atom. The Kier molecular flexibility index (Phi) is 6.86. The van der Waals surface area contributed by atoms with Gasteiger partial charge in [0.1, 0.15) is 0 Å². The summed E-state index contributed by atoms with van der Waals surface area (Å²) in [6.07, 6.45) is 3.56. The molecule has 0 aliphatic rings. The molecule has 0 saturated carbocycles. The molecule has 0 atom stereocenters. The van der Waals surface area contributed by atoms with Crippen LogP contribution in [0.1, 0.15) is 40.5 Å². The fourth-order valence-electron chi connectivity index (χ4n) is 3.60. The van der Waals surface area contributed by atoms with E-state index >= 15 is 0 Å². The van der Waals surface area contributed by atoms with Gasteiger partial charge < -0.3 is 0 Å². The summed E-state index contributed by atoms with van der Waals surface area (Å²) < 4.78 is 4.83. The summed E-state index contributed by atoms with van der Waals surface area (Å²) in [4.78, 5) is 0. The van der Waals surface area contributed by atoms with E-state index in [0.29, 0.717) is 0 Å². The van der Waals surface area contributed by atoms with E-state index in [4.69, 9.17) is 0 Å². The van der Waals surface area contributed by atoms with E-state index in [9.17, 15) is 0 Å². The van der Waals surface area contributed by atoms with Gasteiger partial charge in [0.25, 0.3) is 0 Å². The van der Waals surface area contributed by atoms with Gasteiger partial charge in [0.15, 0.2) is 0 Å². The van der Waals surface area contributed by atoms with Crippen molar-refractivity contribution in [1.29, 1.82) is 0 Å². The SMILES string of the molecule is c1ccc(Cc2nnc(Cc3cccc(Cc4nnc(Cc5ccccc5)[se]4)c3)[se]2)cc1. The molecule has 0 saturated heterocycles. The van der Waals surface area contributed by atoms with Crippen molar-refractivity contribution >= 4 is 29.0 Å². The van der Waals surface area contributed by atoms with E-state index in [-0.39, 0.29) is 29.0 Å². The van der Waals surface area contributed by atoms with Gasteiger partial charge in [0.05, 0.1) is 0 Å². The normalized spacial score (nSPS) is 11.0. The molecule has 3 aromatic carbocycles. The Morgan fingerprint density at radius 1 is 0.406 bits per heavy atom. The second kappa shape index (κ2) is 10.3. The predicted molar refractivity (Wildman–Crippen MR) is 128 cm³/mol. The Hall–Kier alpha value is -2.62. The summed E-state index contributed by atoms with van der Waals surface area (Å²) in [6.45, 7) is 0. The summed E-state index contributed by atoms with van der Waals surface area (Å²) in [6, 6.07) is 29.9. The summed E-state index contributed by atoms with van der Waals surface area (Å²) in [7, 11) is 0. The molecule has 32 heavy (non-hydrogen) atoms. The van der Waals surface area contributed by atoms with Crippen molar-refractivity contribution in [3.63, 3.8) is 0 Å². The Labute approximate surface area is 199 Å². The third kappa shape index (κ3) is 5.79. The predicted octanol–water partition coefficient (Wildman–Crippen LogP) is 3.74. The number of benzene rings is 3. The van der Waals surface area contributed by atoms with E-state index in [0.717, 1.165) is 25.7 Å². The average molecular weight is 548 g/mol. The average Bonchev–Trinajstić information content (AvgIpc) is 3.44. The molecule has 158 valence electrons. The van der Waals surface area contributed by atoms with Gasteiger partial charge in [0.2, 0.25) is 0 Å². The van der Waals surface area contributed by atoms with E-state index in [1.165, 1.54) is 40.5 Å². The molecule has 6 heteroatoms. The number of rotatable bonds is 8. The summed E-state index contributed by atoms with van der Waals surface area (Å²) in [5.74, 6) is 0. The topological polar surface area (TPSA) is 51.6 Å². The molecule has 0 amide bonds. The third-order valence-electron chi connectivity index (χ3n) is 5.12. The third-order valence-corrected chi connectivity index (χ3v) is 8.99. The molecule has 0 unspecified atom stereocenters. The molecule has 2 heterocycles. The Balaban J connectivity index is 1.22. The van der Waals surface area contributed by atoms with E-state index in [1.807, 2.05) is 0 Å². The van der Waals surface area contributed by atoms with Crippen LogP contribution in [0.5, 0.6) is 0 Å². The van der Waals surface area contributed by atoms with Gasteiger partial charge in [-0.15, -0.1) is 0 Å². The van der Waals surface area contributed by atoms with Crippen LogP contribution in [-0.4, -0.2) is 49.4 Å². The van der Waals surface area contributed by atoms with Crippen molar-refractivity contribution in [3.8, 4) is 0 Å². The van der Waals surface area contributed by atoms with Crippen LogP contribution in [0.3, 0.4) is 0 Å². The van der Waals surface area contributed by atoms with Gasteiger partial charge >= 0.3 is 201 Å². The summed E-state index contributed by atoms with van der Waals surface area (Å²) in [5, 5.41) is 17.9. The van der Waals surface area contributed by atoms with Gasteiger partial charge in [-0.1, -0.05) is 0 Å². The van der Waals surface area contributed by atoms with Crippen molar-refractivity contribution in [2.24, 2.45) is 0 Å². The minimum atomic E-state index is 0.241. The van der Waals surface area contributed by atoms with Crippen LogP contribution in [0.2, 0.25) is 0 Å². The summed E-state index contributed by atoms with van der Waals surface area (Å²) in [5.41, 5.74) is 5.21. The molecule has 0 fully saturated rings. The maximum absolute atomic E-state index is 4.48. The first-order chi connectivity index (χ1) is 15.8. The first-order valence-corrected chi connectivity index (χ1v) is 14.0. The van der Waals surface area contributed by atoms with Crippen molar-refractivity contribution < 1.29 is 0 Å². The molecular formula is C26H22N4Se2. The molecule has 0 radical (unpaired) electrons. The quantitative estimate of drug-likeness (QED) is 0.278. The minimum absolute atomic E-state index is 0.241. The van der Waals surface area contributed by atoms with Crippen LogP contribution < -0.4 is 0 Å². The van der Waals surface area contributed by atoms with E-state index < -0.39 is 0 Å². The molecule has 0 bridgehead atoms. The second-order valence-electron chi connectivity index (χ2n) is 7.68. The van der Waals surface area contributed by atoms with Crippen LogP contribution in [0.4, 0.5) is 0 Å². The monoisotopic (exact) mass is 550 g/mol. The van der Waals surface area contributed by atoms with Crippen molar-refractivity contribution in [2.45, 2.75) is 25.7 Å². The Bertz CT molecular complexity index is 1180. The zero-order valence-corrected chi connectivity index (χ0v) is 20.9. The molecule has 0 aliphatic heterocycles. The van der Waals surface area contributed by atoms with Crippen molar-refractivity contribution in [1.82, 2.24) is 20.4 Å². The standard InChI is InChI=1S/C26H22N4Se2/c1-3-8-19(9-4-1)15-23-27-29-25(31-23)17-21-12-7-13-22(14-21)18-26-30-28-24(32-26)16-20-10-5-2-6-11-20/h1-14H,15-18H2. The first kappa shape index (κ1) is 21.2. The van der Waals surface area contributed by atoms with Crippen LogP contribution in [0.25, 0.3) is 0 Å². The van der Waals surface area contributed by atoms with Crippen LogP contribution in [0, 0.1) is 0 Å². The number of aromatic nitrogens is 4. The van der Waals surface area contributed by atoms with Gasteiger partial charge in [-0.3, -0.25) is 0 Å². The molecule has 5 aromatic rings. The van der Waals surface area contributed by atoms with Crippen molar-refractivity contribution in [2.75, 3.05) is 0 Å². The van der Waals surface area contributed by atoms with Gasteiger partial charge in [0, 0.05) is 0 Å². The number of hydrogen-bond donors (Lipinski definition) is 0. The zero-order chi connectivity index (χ0) is 21.6. The summed E-state index contributed by atoms with van der Waals surface area (Å²) >= 11 is 0.481. The van der Waals surface area contributed by atoms with Gasteiger partial charge in [-0.05, 0) is 0 Å². The van der Waals surface area contributed by atoms with E-state index in [1.54, 1.807) is 0 Å². The van der Waals surface area contributed by atoms with Gasteiger partial charge in [-0.25, -0.2) is 0 Å². The van der Waals surface area contributed by atoms with E-state index in [2.05, 4.69) is 105 Å².